The molecule has 0 spiro atoms. The van der Waals surface area contributed by atoms with Crippen LogP contribution in [0.15, 0.2) is 60.7 Å². The molecule has 0 atom stereocenters. The highest BCUT2D eigenvalue weighted by Crippen LogP contribution is 2.40. The molecule has 2 aliphatic rings. The maximum Gasteiger partial charge on any atom is 0.116 e. The lowest BCUT2D eigenvalue weighted by Gasteiger charge is -2.19. The molecular formula is C39H43NS4Si2. The number of thiophene rings is 4. The Labute approximate surface area is 292 Å². The second-order valence-corrected chi connectivity index (χ2v) is 27.9. The summed E-state index contributed by atoms with van der Waals surface area (Å²) < 4.78 is 5.22. The molecule has 7 heterocycles. The highest BCUT2D eigenvalue weighted by atomic mass is 32.1. The lowest BCUT2D eigenvalue weighted by atomic mass is 10.0. The molecule has 0 unspecified atom stereocenters. The van der Waals surface area contributed by atoms with Crippen LogP contribution in [0.4, 0.5) is 0 Å². The van der Waals surface area contributed by atoms with Gasteiger partial charge in [0.25, 0.3) is 0 Å². The molecule has 7 heteroatoms. The smallest absolute Gasteiger partial charge is 0.116 e. The van der Waals surface area contributed by atoms with E-state index in [1.165, 1.54) is 62.2 Å². The first-order chi connectivity index (χ1) is 21.7. The first-order valence-corrected chi connectivity index (χ1v) is 25.3. The van der Waals surface area contributed by atoms with Crippen LogP contribution < -0.4 is 20.7 Å². The number of aryl methyl sites for hydroxylation is 7. The highest BCUT2D eigenvalue weighted by molar-refractivity contribution is 7.29. The van der Waals surface area contributed by atoms with Crippen molar-refractivity contribution in [1.29, 1.82) is 0 Å². The van der Waals surface area contributed by atoms with Gasteiger partial charge in [-0.2, -0.15) is 0 Å². The van der Waals surface area contributed by atoms with Crippen molar-refractivity contribution in [3.63, 3.8) is 0 Å². The van der Waals surface area contributed by atoms with E-state index in [1.807, 2.05) is 45.3 Å². The van der Waals surface area contributed by atoms with Crippen LogP contribution in [-0.2, 0) is 7.05 Å². The Morgan fingerprint density at radius 3 is 1.24 bits per heavy atom. The van der Waals surface area contributed by atoms with Gasteiger partial charge >= 0.3 is 0 Å². The van der Waals surface area contributed by atoms with Crippen LogP contribution in [0.1, 0.15) is 30.6 Å². The Kier molecular flexibility index (Phi) is 7.86. The van der Waals surface area contributed by atoms with Crippen molar-refractivity contribution < 1.29 is 0 Å². The van der Waals surface area contributed by atoms with Crippen molar-refractivity contribution in [2.45, 2.75) is 67.7 Å². The standard InChI is InChI=1S/C16H18Si.C12H14S2Si.C11H11NS2/c1-11-5-7-13-14-8-6-12(2)10-16(14)17(3,4)15(13)9-11;1-7-5-9-11(13-7)12-10(15(9,3)4)6-8(2)14-12;1-6-4-8-10(13-6)11-9(12(8)3)5-7(2)14-11/h5-10H,1-4H3;5-6H,1-4H3;4-5H,1-3H3. The van der Waals surface area contributed by atoms with Crippen molar-refractivity contribution in [3.8, 4) is 20.9 Å². The fraction of sp³-hybridized carbons (Fsp3) is 0.282. The minimum absolute atomic E-state index is 1.32. The molecule has 0 saturated carbocycles. The van der Waals surface area contributed by atoms with E-state index < -0.39 is 16.1 Å². The average molecular weight is 710 g/mol. The number of fused-ring (bicyclic) bond motifs is 9. The molecular weight excluding hydrogens is 667 g/mol. The van der Waals surface area contributed by atoms with E-state index in [1.54, 1.807) is 30.5 Å². The molecule has 236 valence electrons. The lowest BCUT2D eigenvalue weighted by Crippen LogP contribution is -2.49. The summed E-state index contributed by atoms with van der Waals surface area (Å²) >= 11 is 7.77. The summed E-state index contributed by atoms with van der Waals surface area (Å²) in [5, 5.41) is 6.56. The number of rotatable bonds is 0. The number of aromatic nitrogens is 1. The molecule has 0 radical (unpaired) electrons. The van der Waals surface area contributed by atoms with Crippen LogP contribution in [0.3, 0.4) is 0 Å². The zero-order chi connectivity index (χ0) is 32.9. The van der Waals surface area contributed by atoms with E-state index in [4.69, 9.17) is 0 Å². The topological polar surface area (TPSA) is 4.93 Å². The third-order valence-electron chi connectivity index (χ3n) is 9.85. The fourth-order valence-corrected chi connectivity index (χ4v) is 19.9. The molecule has 7 aromatic rings. The average Bonchev–Trinajstić information content (AvgIpc) is 3.83. The molecule has 1 nitrogen and oxygen atoms in total. The zero-order valence-corrected chi connectivity index (χ0v) is 34.1. The number of nitrogens with zero attached hydrogens (tertiary/aromatic N) is 1. The van der Waals surface area contributed by atoms with Crippen molar-refractivity contribution >= 4 is 103 Å². The zero-order valence-electron chi connectivity index (χ0n) is 28.9. The second-order valence-electron chi connectivity index (χ2n) is 14.2. The third kappa shape index (κ3) is 5.10. The van der Waals surface area contributed by atoms with Crippen molar-refractivity contribution in [2.75, 3.05) is 0 Å². The van der Waals surface area contributed by atoms with E-state index in [9.17, 15) is 0 Å². The lowest BCUT2D eigenvalue weighted by molar-refractivity contribution is 1.02. The summed E-state index contributed by atoms with van der Waals surface area (Å²) in [4.78, 5) is 8.90. The van der Waals surface area contributed by atoms with E-state index in [2.05, 4.69) is 140 Å². The SMILES string of the molecule is Cc1cc2c(s1)-c1sc(C)cc1[Si]2(C)C.Cc1cc2c(s1)c1sc(C)cc1n2C.Cc1ccc2c(c1)[Si](C)(C)c1cc(C)ccc1-2. The Morgan fingerprint density at radius 1 is 0.457 bits per heavy atom. The quantitative estimate of drug-likeness (QED) is 0.138. The normalized spacial score (nSPS) is 14.8. The Bertz CT molecular complexity index is 2140. The van der Waals surface area contributed by atoms with E-state index in [0.29, 0.717) is 0 Å². The van der Waals surface area contributed by atoms with Gasteiger partial charge in [-0.25, -0.2) is 0 Å². The minimum Gasteiger partial charge on any atom is -0.342 e. The largest absolute Gasteiger partial charge is 0.342 e. The van der Waals surface area contributed by atoms with Gasteiger partial charge in [0.1, 0.15) is 16.1 Å². The predicted octanol–water partition coefficient (Wildman–Crippen LogP) is 10.4. The van der Waals surface area contributed by atoms with Crippen molar-refractivity contribution in [1.82, 2.24) is 4.57 Å². The van der Waals surface area contributed by atoms with Gasteiger partial charge < -0.3 is 4.57 Å². The van der Waals surface area contributed by atoms with Gasteiger partial charge in [0, 0.05) is 36.3 Å². The van der Waals surface area contributed by atoms with Crippen LogP contribution in [0.25, 0.3) is 41.3 Å². The molecule has 0 amide bonds. The Balaban J connectivity index is 0.000000111. The molecule has 5 aromatic heterocycles. The van der Waals surface area contributed by atoms with E-state index in [-0.39, 0.29) is 0 Å². The van der Waals surface area contributed by atoms with Crippen molar-refractivity contribution in [2.24, 2.45) is 7.05 Å². The van der Waals surface area contributed by atoms with E-state index in [0.717, 1.165) is 0 Å². The summed E-state index contributed by atoms with van der Waals surface area (Å²) in [7, 11) is -0.607. The van der Waals surface area contributed by atoms with Gasteiger partial charge in [-0.3, -0.25) is 0 Å². The summed E-state index contributed by atoms with van der Waals surface area (Å²) in [5.74, 6) is 0. The minimum atomic E-state index is -1.44. The molecule has 2 aliphatic heterocycles. The van der Waals surface area contributed by atoms with Gasteiger partial charge in [0.15, 0.2) is 0 Å². The third-order valence-corrected chi connectivity index (χ3v) is 21.7. The van der Waals surface area contributed by atoms with Crippen LogP contribution in [0.2, 0.25) is 26.2 Å². The van der Waals surface area contributed by atoms with Crippen LogP contribution in [0.5, 0.6) is 0 Å². The van der Waals surface area contributed by atoms with Gasteiger partial charge in [-0.15, -0.1) is 45.3 Å². The summed E-state index contributed by atoms with van der Waals surface area (Å²) in [6, 6.07) is 23.3. The van der Waals surface area contributed by atoms with Crippen LogP contribution in [-0.4, -0.2) is 20.7 Å². The molecule has 46 heavy (non-hydrogen) atoms. The second kappa shape index (κ2) is 11.3. The number of hydrogen-bond acceptors (Lipinski definition) is 4. The molecule has 2 aromatic carbocycles. The van der Waals surface area contributed by atoms with Crippen LogP contribution >= 0.6 is 45.3 Å². The number of hydrogen-bond donors (Lipinski definition) is 0. The monoisotopic (exact) mass is 709 g/mol. The highest BCUT2D eigenvalue weighted by Gasteiger charge is 2.40. The molecule has 0 saturated heterocycles. The fourth-order valence-electron chi connectivity index (χ4n) is 7.36. The summed E-state index contributed by atoms with van der Waals surface area (Å²) in [6.45, 7) is 23.1. The maximum atomic E-state index is 2.48. The van der Waals surface area contributed by atoms with Gasteiger partial charge in [0.05, 0.1) is 20.4 Å². The number of benzene rings is 2. The molecule has 9 rings (SSSR count). The maximum absolute atomic E-state index is 2.48. The molecule has 0 N–H and O–H groups in total. The van der Waals surface area contributed by atoms with Crippen molar-refractivity contribution in [3.05, 3.63) is 91.3 Å². The Morgan fingerprint density at radius 2 is 0.826 bits per heavy atom. The Hall–Kier alpha value is -2.53. The van der Waals surface area contributed by atoms with Gasteiger partial charge in [0.2, 0.25) is 0 Å². The first-order valence-electron chi connectivity index (χ1n) is 16.1. The molecule has 0 aliphatic carbocycles. The van der Waals surface area contributed by atoms with Gasteiger partial charge in [-0.05, 0) is 97.7 Å². The van der Waals surface area contributed by atoms with E-state index >= 15 is 0 Å². The van der Waals surface area contributed by atoms with Gasteiger partial charge in [-0.1, -0.05) is 73.7 Å². The summed E-state index contributed by atoms with van der Waals surface area (Å²) in [5.41, 5.74) is 8.48. The molecule has 0 bridgehead atoms. The predicted molar refractivity (Wildman–Crippen MR) is 218 cm³/mol. The molecule has 0 fully saturated rings. The van der Waals surface area contributed by atoms with Crippen LogP contribution in [0, 0.1) is 41.5 Å². The first kappa shape index (κ1) is 32.0. The summed E-state index contributed by atoms with van der Waals surface area (Å²) in [6.07, 6.45) is 0.